The highest BCUT2D eigenvalue weighted by Crippen LogP contribution is 2.45. The van der Waals surface area contributed by atoms with Crippen molar-refractivity contribution < 1.29 is 9.53 Å². The molecule has 204 valence electrons. The van der Waals surface area contributed by atoms with E-state index in [0.717, 1.165) is 53.9 Å². The van der Waals surface area contributed by atoms with E-state index in [9.17, 15) is 4.79 Å². The van der Waals surface area contributed by atoms with Crippen LogP contribution in [0.1, 0.15) is 47.8 Å². The Bertz CT molecular complexity index is 1520. The van der Waals surface area contributed by atoms with Crippen LogP contribution in [0.15, 0.2) is 36.5 Å². The molecule has 10 heteroatoms. The molecule has 0 saturated heterocycles. The van der Waals surface area contributed by atoms with Gasteiger partial charge in [0.15, 0.2) is 0 Å². The van der Waals surface area contributed by atoms with Crippen LogP contribution in [0.3, 0.4) is 0 Å². The maximum atomic E-state index is 13.7. The summed E-state index contributed by atoms with van der Waals surface area (Å²) in [5.41, 5.74) is 5.65. The van der Waals surface area contributed by atoms with Gasteiger partial charge in [0.2, 0.25) is 11.8 Å². The van der Waals surface area contributed by atoms with E-state index in [1.165, 1.54) is 12.8 Å². The molecule has 39 heavy (non-hydrogen) atoms. The molecular weight excluding hydrogens is 492 g/mol. The highest BCUT2D eigenvalue weighted by Gasteiger charge is 2.35. The summed E-state index contributed by atoms with van der Waals surface area (Å²) in [7, 11) is 5.99. The molecule has 2 bridgehead atoms. The first-order chi connectivity index (χ1) is 18.9. The summed E-state index contributed by atoms with van der Waals surface area (Å²) in [6.07, 6.45) is 5.91. The SMILES string of the molecule is Cc1cc2cc(n1)-c1cnn(C)c1OCCCC(C1CC1)n1c(nc3cc(NCCN(C)C)ccc31)NC2=O. The summed E-state index contributed by atoms with van der Waals surface area (Å²) in [6, 6.07) is 10.1. The van der Waals surface area contributed by atoms with E-state index in [2.05, 4.69) is 62.5 Å². The highest BCUT2D eigenvalue weighted by molar-refractivity contribution is 6.05. The molecule has 1 aromatic carbocycles. The van der Waals surface area contributed by atoms with Crippen LogP contribution >= 0.6 is 0 Å². The number of aryl methyl sites for hydroxylation is 2. The second-order valence-corrected chi connectivity index (χ2v) is 11.0. The highest BCUT2D eigenvalue weighted by atomic mass is 16.5. The standard InChI is InChI=1S/C29H36N8O2/c1-18-14-20-15-23(32-18)22-17-31-36(4)28(22)39-13-5-6-25(19-7-8-19)37-26-10-9-21(30-11-12-35(2)3)16-24(26)33-29(37)34-27(20)38/h9-10,14-17,19,25,30H,5-8,11-13H2,1-4H3,(H,33,34,38). The van der Waals surface area contributed by atoms with E-state index in [0.29, 0.717) is 35.6 Å². The van der Waals surface area contributed by atoms with Crippen LogP contribution < -0.4 is 15.4 Å². The zero-order valence-electron chi connectivity index (χ0n) is 23.1. The fourth-order valence-electron chi connectivity index (χ4n) is 5.46. The fourth-order valence-corrected chi connectivity index (χ4v) is 5.46. The number of rotatable bonds is 5. The van der Waals surface area contributed by atoms with E-state index in [4.69, 9.17) is 9.72 Å². The van der Waals surface area contributed by atoms with Gasteiger partial charge in [-0.2, -0.15) is 5.10 Å². The fraction of sp³-hybridized carbons (Fsp3) is 0.448. The lowest BCUT2D eigenvalue weighted by atomic mass is 10.1. The first-order valence-corrected chi connectivity index (χ1v) is 13.7. The third-order valence-electron chi connectivity index (χ3n) is 7.56. The van der Waals surface area contributed by atoms with Crippen LogP contribution in [-0.4, -0.2) is 68.9 Å². The Morgan fingerprint density at radius 1 is 1.15 bits per heavy atom. The predicted molar refractivity (Wildman–Crippen MR) is 152 cm³/mol. The van der Waals surface area contributed by atoms with Crippen molar-refractivity contribution in [3.05, 3.63) is 47.8 Å². The third-order valence-corrected chi connectivity index (χ3v) is 7.56. The number of carbonyl (C=O) groups is 1. The van der Waals surface area contributed by atoms with Gasteiger partial charge in [-0.15, -0.1) is 0 Å². The molecule has 2 aliphatic rings. The molecule has 1 atom stereocenters. The molecule has 1 saturated carbocycles. The Morgan fingerprint density at radius 2 is 2.00 bits per heavy atom. The third kappa shape index (κ3) is 5.21. The maximum absolute atomic E-state index is 13.7. The quantitative estimate of drug-likeness (QED) is 0.394. The van der Waals surface area contributed by atoms with Crippen molar-refractivity contribution in [2.24, 2.45) is 13.0 Å². The van der Waals surface area contributed by atoms with E-state index < -0.39 is 0 Å². The molecule has 2 N–H and O–H groups in total. The first-order valence-electron chi connectivity index (χ1n) is 13.7. The van der Waals surface area contributed by atoms with Gasteiger partial charge in [0.1, 0.15) is 0 Å². The zero-order valence-corrected chi connectivity index (χ0v) is 23.1. The number of aromatic nitrogens is 5. The van der Waals surface area contributed by atoms with Gasteiger partial charge in [0.25, 0.3) is 5.91 Å². The van der Waals surface area contributed by atoms with Crippen molar-refractivity contribution in [1.82, 2.24) is 29.2 Å². The number of likely N-dealkylation sites (N-methyl/N-ethyl adjacent to an activating group) is 1. The van der Waals surface area contributed by atoms with Crippen LogP contribution in [0.4, 0.5) is 11.6 Å². The van der Waals surface area contributed by atoms with Crippen LogP contribution in [-0.2, 0) is 7.05 Å². The molecule has 4 heterocycles. The molecule has 3 aromatic heterocycles. The molecule has 0 spiro atoms. The summed E-state index contributed by atoms with van der Waals surface area (Å²) in [6.45, 7) is 4.24. The van der Waals surface area contributed by atoms with E-state index >= 15 is 0 Å². The lowest BCUT2D eigenvalue weighted by Crippen LogP contribution is -2.21. The number of hydrogen-bond acceptors (Lipinski definition) is 7. The van der Waals surface area contributed by atoms with Gasteiger partial charge in [0, 0.05) is 43.1 Å². The molecule has 1 fully saturated rings. The number of nitrogens with one attached hydrogen (secondary N) is 2. The Balaban J connectivity index is 1.42. The molecule has 1 amide bonds. The number of hydrogen-bond donors (Lipinski definition) is 2. The molecule has 1 unspecified atom stereocenters. The Hall–Kier alpha value is -3.92. The molecule has 0 radical (unpaired) electrons. The lowest BCUT2D eigenvalue weighted by Gasteiger charge is -2.22. The molecule has 1 aliphatic heterocycles. The number of fused-ring (bicyclic) bond motifs is 7. The van der Waals surface area contributed by atoms with Crippen molar-refractivity contribution in [3.8, 4) is 17.1 Å². The van der Waals surface area contributed by atoms with Crippen molar-refractivity contribution in [1.29, 1.82) is 0 Å². The largest absolute Gasteiger partial charge is 0.477 e. The summed E-state index contributed by atoms with van der Waals surface area (Å²) in [4.78, 5) is 25.5. The summed E-state index contributed by atoms with van der Waals surface area (Å²) < 4.78 is 10.3. The molecular formula is C29H36N8O2. The molecule has 10 nitrogen and oxygen atoms in total. The Morgan fingerprint density at radius 3 is 2.79 bits per heavy atom. The number of amides is 1. The molecule has 4 aromatic rings. The van der Waals surface area contributed by atoms with Crippen LogP contribution in [0.5, 0.6) is 5.88 Å². The Kier molecular flexibility index (Phi) is 6.72. The normalized spacial score (nSPS) is 17.8. The van der Waals surface area contributed by atoms with Crippen LogP contribution in [0.25, 0.3) is 22.3 Å². The lowest BCUT2D eigenvalue weighted by molar-refractivity contribution is 0.102. The number of anilines is 2. The Labute approximate surface area is 228 Å². The van der Waals surface area contributed by atoms with Gasteiger partial charge in [-0.1, -0.05) is 0 Å². The van der Waals surface area contributed by atoms with Crippen LogP contribution in [0.2, 0.25) is 0 Å². The number of carbonyl (C=O) groups excluding carboxylic acids is 1. The van der Waals surface area contributed by atoms with Crippen LogP contribution in [0, 0.1) is 12.8 Å². The summed E-state index contributed by atoms with van der Waals surface area (Å²) in [5, 5.41) is 11.1. The first kappa shape index (κ1) is 25.4. The average molecular weight is 529 g/mol. The average Bonchev–Trinajstić information content (AvgIpc) is 3.59. The van der Waals surface area contributed by atoms with Gasteiger partial charge in [-0.25, -0.2) is 9.67 Å². The van der Waals surface area contributed by atoms with Crippen molar-refractivity contribution >= 4 is 28.6 Å². The predicted octanol–water partition coefficient (Wildman–Crippen LogP) is 4.49. The molecule has 6 rings (SSSR count). The van der Waals surface area contributed by atoms with Gasteiger partial charge < -0.3 is 19.5 Å². The van der Waals surface area contributed by atoms with Crippen molar-refractivity contribution in [2.75, 3.05) is 44.4 Å². The van der Waals surface area contributed by atoms with Crippen molar-refractivity contribution in [2.45, 2.75) is 38.6 Å². The molecule has 1 aliphatic carbocycles. The van der Waals surface area contributed by atoms with E-state index in [1.54, 1.807) is 23.0 Å². The van der Waals surface area contributed by atoms with Gasteiger partial charge in [0.05, 0.1) is 35.1 Å². The summed E-state index contributed by atoms with van der Waals surface area (Å²) in [5.74, 6) is 1.61. The van der Waals surface area contributed by atoms with Gasteiger partial charge in [-0.3, -0.25) is 15.1 Å². The zero-order chi connectivity index (χ0) is 27.1. The monoisotopic (exact) mass is 528 g/mol. The van der Waals surface area contributed by atoms with Crippen molar-refractivity contribution in [3.63, 3.8) is 0 Å². The second-order valence-electron chi connectivity index (χ2n) is 11.0. The minimum atomic E-state index is -0.208. The van der Waals surface area contributed by atoms with Gasteiger partial charge in [-0.05, 0) is 83.0 Å². The minimum Gasteiger partial charge on any atom is -0.477 e. The number of benzene rings is 1. The van der Waals surface area contributed by atoms with E-state index in [-0.39, 0.29) is 11.9 Å². The number of ether oxygens (including phenoxy) is 1. The number of pyridine rings is 1. The summed E-state index contributed by atoms with van der Waals surface area (Å²) >= 11 is 0. The van der Waals surface area contributed by atoms with Gasteiger partial charge >= 0.3 is 0 Å². The number of nitrogens with zero attached hydrogens (tertiary/aromatic N) is 6. The van der Waals surface area contributed by atoms with E-state index in [1.807, 2.05) is 14.0 Å². The topological polar surface area (TPSA) is 102 Å². The second kappa shape index (κ2) is 10.3. The number of imidazole rings is 1. The maximum Gasteiger partial charge on any atom is 0.258 e. The smallest absolute Gasteiger partial charge is 0.258 e. The minimum absolute atomic E-state index is 0.208.